The number of fused-ring (bicyclic) bond motifs is 1. The zero-order chi connectivity index (χ0) is 21.0. The lowest BCUT2D eigenvalue weighted by Crippen LogP contribution is -2.61. The smallest absolute Gasteiger partial charge is 0.127 e. The Labute approximate surface area is 183 Å². The van der Waals surface area contributed by atoms with E-state index in [0.717, 1.165) is 40.7 Å². The quantitative estimate of drug-likeness (QED) is 0.636. The lowest BCUT2D eigenvalue weighted by Gasteiger charge is -2.47. The molecule has 0 saturated carbocycles. The van der Waals surface area contributed by atoms with Gasteiger partial charge < -0.3 is 9.84 Å². The maximum Gasteiger partial charge on any atom is 0.127 e. The van der Waals surface area contributed by atoms with E-state index in [1.54, 1.807) is 12.4 Å². The van der Waals surface area contributed by atoms with Crippen LogP contribution < -0.4 is 4.74 Å². The van der Waals surface area contributed by atoms with Crippen molar-refractivity contribution in [3.05, 3.63) is 54.9 Å². The summed E-state index contributed by atoms with van der Waals surface area (Å²) in [6, 6.07) is 14.9. The molecule has 1 atom stereocenters. The largest absolute Gasteiger partial charge is 0.490 e. The van der Waals surface area contributed by atoms with Crippen molar-refractivity contribution < 1.29 is 9.84 Å². The second kappa shape index (κ2) is 9.30. The second-order valence-corrected chi connectivity index (χ2v) is 8.72. The summed E-state index contributed by atoms with van der Waals surface area (Å²) in [7, 11) is 0. The van der Waals surface area contributed by atoms with Crippen molar-refractivity contribution in [2.45, 2.75) is 31.4 Å². The molecule has 2 fully saturated rings. The Balaban J connectivity index is 1.19. The Kier molecular flexibility index (Phi) is 6.11. The minimum absolute atomic E-state index is 0.297. The number of piperidine rings is 1. The molecule has 1 unspecified atom stereocenters. The van der Waals surface area contributed by atoms with Gasteiger partial charge in [-0.1, -0.05) is 30.7 Å². The van der Waals surface area contributed by atoms with Gasteiger partial charge in [-0.15, -0.1) is 0 Å². The third-order valence-corrected chi connectivity index (χ3v) is 6.52. The Morgan fingerprint density at radius 3 is 2.55 bits per heavy atom. The number of aliphatic hydroxyl groups excluding tert-OH is 1. The van der Waals surface area contributed by atoms with E-state index in [4.69, 9.17) is 4.74 Å². The van der Waals surface area contributed by atoms with Crippen molar-refractivity contribution in [3.63, 3.8) is 0 Å². The molecule has 1 aromatic heterocycles. The monoisotopic (exact) mass is 418 g/mol. The maximum atomic E-state index is 10.6. The summed E-state index contributed by atoms with van der Waals surface area (Å²) >= 11 is 0. The summed E-state index contributed by atoms with van der Waals surface area (Å²) < 4.78 is 6.07. The van der Waals surface area contributed by atoms with E-state index in [0.29, 0.717) is 19.2 Å². The number of nitrogens with zero attached hydrogens (tertiary/aromatic N) is 4. The number of benzene rings is 2. The minimum atomic E-state index is -0.495. The second-order valence-electron chi connectivity index (χ2n) is 8.72. The number of likely N-dealkylation sites (tertiary alicyclic amines) is 2. The van der Waals surface area contributed by atoms with Crippen molar-refractivity contribution in [1.82, 2.24) is 20.0 Å². The first-order valence-corrected chi connectivity index (χ1v) is 11.3. The highest BCUT2D eigenvalue weighted by Gasteiger charge is 2.33. The van der Waals surface area contributed by atoms with Gasteiger partial charge in [-0.05, 0) is 55.1 Å². The van der Waals surface area contributed by atoms with Gasteiger partial charge in [0, 0.05) is 36.6 Å². The topological polar surface area (TPSA) is 61.7 Å². The molecule has 0 amide bonds. The van der Waals surface area contributed by atoms with E-state index < -0.39 is 6.10 Å². The van der Waals surface area contributed by atoms with Crippen LogP contribution in [0.4, 0.5) is 0 Å². The fourth-order valence-electron chi connectivity index (χ4n) is 4.84. The summed E-state index contributed by atoms with van der Waals surface area (Å²) in [5.74, 6) is 0.801. The Hall–Kier alpha value is -2.54. The molecule has 0 spiro atoms. The Morgan fingerprint density at radius 2 is 1.77 bits per heavy atom. The van der Waals surface area contributed by atoms with E-state index in [2.05, 4.69) is 38.2 Å². The van der Waals surface area contributed by atoms with Crippen molar-refractivity contribution in [1.29, 1.82) is 0 Å². The predicted molar refractivity (Wildman–Crippen MR) is 122 cm³/mol. The first kappa shape index (κ1) is 20.4. The van der Waals surface area contributed by atoms with Gasteiger partial charge in [0.2, 0.25) is 0 Å². The average molecular weight is 419 g/mol. The zero-order valence-electron chi connectivity index (χ0n) is 17.9. The molecule has 6 nitrogen and oxygen atoms in total. The summed E-state index contributed by atoms with van der Waals surface area (Å²) in [6.07, 6.45) is 7.02. The third kappa shape index (κ3) is 4.56. The molecule has 0 radical (unpaired) electrons. The van der Waals surface area contributed by atoms with Crippen molar-refractivity contribution >= 4 is 10.8 Å². The molecule has 2 aromatic carbocycles. The van der Waals surface area contributed by atoms with Crippen LogP contribution in [0.5, 0.6) is 5.75 Å². The van der Waals surface area contributed by atoms with Gasteiger partial charge in [-0.2, -0.15) is 10.2 Å². The molecule has 31 heavy (non-hydrogen) atoms. The van der Waals surface area contributed by atoms with Crippen LogP contribution in [0.15, 0.2) is 54.9 Å². The van der Waals surface area contributed by atoms with Gasteiger partial charge in [0.15, 0.2) is 0 Å². The van der Waals surface area contributed by atoms with Gasteiger partial charge in [-0.3, -0.25) is 9.80 Å². The molecule has 2 saturated heterocycles. The molecule has 2 aliphatic heterocycles. The fraction of sp³-hybridized carbons (Fsp3) is 0.440. The van der Waals surface area contributed by atoms with Gasteiger partial charge in [-0.25, -0.2) is 0 Å². The molecule has 6 heteroatoms. The first-order valence-electron chi connectivity index (χ1n) is 11.3. The lowest BCUT2D eigenvalue weighted by molar-refractivity contribution is -0.0125. The highest BCUT2D eigenvalue weighted by molar-refractivity contribution is 5.99. The number of β-amino-alcohol motifs (C(OH)–C–C–N with tert-alkyl or cyclic N) is 1. The zero-order valence-corrected chi connectivity index (χ0v) is 17.9. The fourth-order valence-corrected chi connectivity index (χ4v) is 4.84. The SMILES string of the molecule is OC(COc1ccc(-c2ccnnc2)c2ccccc12)CN1CC(N2CCCCC2)C1. The van der Waals surface area contributed by atoms with E-state index >= 15 is 0 Å². The van der Waals surface area contributed by atoms with Crippen LogP contribution in [0.2, 0.25) is 0 Å². The number of aliphatic hydroxyl groups is 1. The van der Waals surface area contributed by atoms with E-state index in [1.807, 2.05) is 24.3 Å². The minimum Gasteiger partial charge on any atom is -0.490 e. The Bertz CT molecular complexity index is 1000. The Morgan fingerprint density at radius 1 is 0.968 bits per heavy atom. The van der Waals surface area contributed by atoms with Crippen LogP contribution >= 0.6 is 0 Å². The normalized spacial score (nSPS) is 19.3. The number of hydrogen-bond donors (Lipinski definition) is 1. The van der Waals surface area contributed by atoms with Crippen molar-refractivity contribution in [2.75, 3.05) is 39.3 Å². The molecule has 1 N–H and O–H groups in total. The molecule has 5 rings (SSSR count). The molecule has 0 bridgehead atoms. The maximum absolute atomic E-state index is 10.6. The first-order chi connectivity index (χ1) is 15.3. The van der Waals surface area contributed by atoms with Gasteiger partial charge in [0.05, 0.1) is 12.4 Å². The van der Waals surface area contributed by atoms with Gasteiger partial charge >= 0.3 is 0 Å². The highest BCUT2D eigenvalue weighted by atomic mass is 16.5. The number of hydrogen-bond acceptors (Lipinski definition) is 6. The molecule has 162 valence electrons. The average Bonchev–Trinajstić information content (AvgIpc) is 2.80. The van der Waals surface area contributed by atoms with Gasteiger partial charge in [0.1, 0.15) is 18.5 Å². The molecule has 2 aliphatic rings. The van der Waals surface area contributed by atoms with Crippen LogP contribution in [0.25, 0.3) is 21.9 Å². The predicted octanol–water partition coefficient (Wildman–Crippen LogP) is 3.21. The molecule has 3 heterocycles. The van der Waals surface area contributed by atoms with Crippen LogP contribution in [0.1, 0.15) is 19.3 Å². The van der Waals surface area contributed by atoms with Crippen LogP contribution in [0.3, 0.4) is 0 Å². The standard InChI is InChI=1S/C25H30N4O2/c30-21(17-28-15-20(16-28)29-12-4-1-5-13-29)18-31-25-9-8-22(19-10-11-26-27-14-19)23-6-2-3-7-24(23)25/h2-3,6-11,14,20-21,30H,1,4-5,12-13,15-18H2. The summed E-state index contributed by atoms with van der Waals surface area (Å²) in [4.78, 5) is 4.96. The number of rotatable bonds is 7. The number of aromatic nitrogens is 2. The molecule has 0 aliphatic carbocycles. The highest BCUT2D eigenvalue weighted by Crippen LogP contribution is 2.34. The molecular formula is C25H30N4O2. The summed E-state index contributed by atoms with van der Waals surface area (Å²) in [6.45, 7) is 5.57. The molecule has 3 aromatic rings. The summed E-state index contributed by atoms with van der Waals surface area (Å²) in [5.41, 5.74) is 2.13. The van der Waals surface area contributed by atoms with Crippen LogP contribution in [0, 0.1) is 0 Å². The molecular weight excluding hydrogens is 388 g/mol. The number of ether oxygens (including phenoxy) is 1. The van der Waals surface area contributed by atoms with E-state index in [1.165, 1.54) is 32.4 Å². The van der Waals surface area contributed by atoms with Gasteiger partial charge in [0.25, 0.3) is 0 Å². The van der Waals surface area contributed by atoms with E-state index in [-0.39, 0.29) is 0 Å². The summed E-state index contributed by atoms with van der Waals surface area (Å²) in [5, 5.41) is 20.6. The van der Waals surface area contributed by atoms with E-state index in [9.17, 15) is 5.11 Å². The third-order valence-electron chi connectivity index (χ3n) is 6.52. The van der Waals surface area contributed by atoms with Crippen molar-refractivity contribution in [3.8, 4) is 16.9 Å². The lowest BCUT2D eigenvalue weighted by atomic mass is 9.99. The van der Waals surface area contributed by atoms with Crippen LogP contribution in [-0.2, 0) is 0 Å². The van der Waals surface area contributed by atoms with Crippen LogP contribution in [-0.4, -0.2) is 76.6 Å². The van der Waals surface area contributed by atoms with Crippen molar-refractivity contribution in [2.24, 2.45) is 0 Å².